The van der Waals surface area contributed by atoms with Crippen molar-refractivity contribution < 1.29 is 9.59 Å². The number of nitrogens with one attached hydrogen (secondary N) is 3. The summed E-state index contributed by atoms with van der Waals surface area (Å²) in [7, 11) is 0. The van der Waals surface area contributed by atoms with Gasteiger partial charge in [0.2, 0.25) is 5.91 Å². The third kappa shape index (κ3) is 4.06. The molecule has 3 amide bonds. The van der Waals surface area contributed by atoms with E-state index in [9.17, 15) is 9.59 Å². The second kappa shape index (κ2) is 7.66. The molecule has 0 spiro atoms. The average Bonchev–Trinajstić information content (AvgIpc) is 3.02. The van der Waals surface area contributed by atoms with Crippen molar-refractivity contribution in [3.05, 3.63) is 35.4 Å². The molecule has 6 heteroatoms. The van der Waals surface area contributed by atoms with Crippen molar-refractivity contribution >= 4 is 11.9 Å². The van der Waals surface area contributed by atoms with Gasteiger partial charge in [-0.2, -0.15) is 0 Å². The van der Waals surface area contributed by atoms with Crippen LogP contribution < -0.4 is 16.0 Å². The first-order valence-electron chi connectivity index (χ1n) is 8.76. The molecule has 3 N–H and O–H groups in total. The number of carbonyl (C=O) groups is 2. The van der Waals surface area contributed by atoms with Gasteiger partial charge in [0.1, 0.15) is 6.04 Å². The molecule has 1 aromatic carbocycles. The second-order valence-electron chi connectivity index (χ2n) is 6.71. The van der Waals surface area contributed by atoms with Crippen LogP contribution in [0.3, 0.4) is 0 Å². The van der Waals surface area contributed by atoms with Crippen LogP contribution in [0.2, 0.25) is 0 Å². The standard InChI is InChI=1S/C18H26N4O2/c1-13-6-4-5-9-22(13)12-15-8-3-2-7-14(15)10-19-17(23)16-11-20-18(24)21-16/h2-3,7-8,13,16H,4-6,9-12H2,1H3,(H,19,23)(H2,20,21,24)/t13-,16+/m1/s1. The number of benzene rings is 1. The summed E-state index contributed by atoms with van der Waals surface area (Å²) in [5.74, 6) is -0.144. The molecule has 2 atom stereocenters. The van der Waals surface area contributed by atoms with E-state index in [0.717, 1.165) is 18.7 Å². The van der Waals surface area contributed by atoms with E-state index in [4.69, 9.17) is 0 Å². The number of likely N-dealkylation sites (tertiary alicyclic amines) is 1. The molecule has 24 heavy (non-hydrogen) atoms. The van der Waals surface area contributed by atoms with Gasteiger partial charge in [-0.25, -0.2) is 4.79 Å². The molecule has 0 saturated carbocycles. The fourth-order valence-corrected chi connectivity index (χ4v) is 3.41. The molecule has 2 heterocycles. The van der Waals surface area contributed by atoms with Crippen LogP contribution in [-0.4, -0.2) is 42.0 Å². The van der Waals surface area contributed by atoms with Crippen molar-refractivity contribution in [3.63, 3.8) is 0 Å². The minimum atomic E-state index is -0.480. The molecule has 6 nitrogen and oxygen atoms in total. The highest BCUT2D eigenvalue weighted by atomic mass is 16.2. The van der Waals surface area contributed by atoms with E-state index in [1.54, 1.807) is 0 Å². The van der Waals surface area contributed by atoms with Gasteiger partial charge in [-0.1, -0.05) is 30.7 Å². The molecular formula is C18H26N4O2. The monoisotopic (exact) mass is 330 g/mol. The third-order valence-electron chi connectivity index (χ3n) is 4.97. The van der Waals surface area contributed by atoms with E-state index in [1.807, 2.05) is 6.07 Å². The Morgan fingerprint density at radius 3 is 2.79 bits per heavy atom. The van der Waals surface area contributed by atoms with Gasteiger partial charge in [0, 0.05) is 25.7 Å². The Balaban J connectivity index is 1.59. The number of carbonyl (C=O) groups excluding carboxylic acids is 2. The Morgan fingerprint density at radius 2 is 2.08 bits per heavy atom. The summed E-state index contributed by atoms with van der Waals surface area (Å²) in [4.78, 5) is 25.8. The van der Waals surface area contributed by atoms with Crippen molar-refractivity contribution in [1.82, 2.24) is 20.9 Å². The van der Waals surface area contributed by atoms with Crippen LogP contribution in [0.4, 0.5) is 4.79 Å². The highest BCUT2D eigenvalue weighted by Gasteiger charge is 2.26. The molecule has 2 aliphatic heterocycles. The molecule has 2 fully saturated rings. The number of rotatable bonds is 5. The molecule has 2 saturated heterocycles. The van der Waals surface area contributed by atoms with Gasteiger partial charge < -0.3 is 16.0 Å². The number of nitrogens with zero attached hydrogens (tertiary/aromatic N) is 1. The lowest BCUT2D eigenvalue weighted by molar-refractivity contribution is -0.122. The van der Waals surface area contributed by atoms with Crippen molar-refractivity contribution in [2.24, 2.45) is 0 Å². The topological polar surface area (TPSA) is 73.5 Å². The molecule has 0 aliphatic carbocycles. The average molecular weight is 330 g/mol. The van der Waals surface area contributed by atoms with Crippen LogP contribution >= 0.6 is 0 Å². The maximum Gasteiger partial charge on any atom is 0.315 e. The fraction of sp³-hybridized carbons (Fsp3) is 0.556. The number of hydrogen-bond acceptors (Lipinski definition) is 3. The van der Waals surface area contributed by atoms with E-state index in [-0.39, 0.29) is 11.9 Å². The summed E-state index contributed by atoms with van der Waals surface area (Å²) in [6.07, 6.45) is 3.83. The van der Waals surface area contributed by atoms with E-state index in [1.165, 1.54) is 24.8 Å². The van der Waals surface area contributed by atoms with Crippen LogP contribution in [0.15, 0.2) is 24.3 Å². The quantitative estimate of drug-likeness (QED) is 0.763. The molecule has 0 unspecified atom stereocenters. The Hall–Kier alpha value is -2.08. The number of piperidine rings is 1. The summed E-state index contributed by atoms with van der Waals surface area (Å²) in [5.41, 5.74) is 2.40. The molecule has 1 aromatic rings. The zero-order valence-electron chi connectivity index (χ0n) is 14.2. The normalized spacial score (nSPS) is 24.3. The first kappa shape index (κ1) is 16.8. The molecule has 0 aromatic heterocycles. The SMILES string of the molecule is C[C@@H]1CCCCN1Cc1ccccc1CNC(=O)[C@@H]1CNC(=O)N1. The maximum absolute atomic E-state index is 12.1. The number of hydrogen-bond donors (Lipinski definition) is 3. The van der Waals surface area contributed by atoms with Crippen molar-refractivity contribution in [2.45, 2.75) is 51.4 Å². The first-order valence-corrected chi connectivity index (χ1v) is 8.76. The summed E-state index contributed by atoms with van der Waals surface area (Å²) in [5, 5.41) is 8.15. The highest BCUT2D eigenvalue weighted by Crippen LogP contribution is 2.20. The van der Waals surface area contributed by atoms with Gasteiger partial charge in [0.05, 0.1) is 0 Å². The van der Waals surface area contributed by atoms with Gasteiger partial charge >= 0.3 is 6.03 Å². The fourth-order valence-electron chi connectivity index (χ4n) is 3.41. The molecule has 2 aliphatic rings. The molecule has 0 radical (unpaired) electrons. The van der Waals surface area contributed by atoms with Crippen molar-refractivity contribution in [2.75, 3.05) is 13.1 Å². The Morgan fingerprint density at radius 1 is 1.29 bits per heavy atom. The summed E-state index contributed by atoms with van der Waals surface area (Å²) in [6, 6.07) is 8.11. The van der Waals surface area contributed by atoms with Gasteiger partial charge in [-0.3, -0.25) is 9.69 Å². The van der Waals surface area contributed by atoms with Gasteiger partial charge in [-0.05, 0) is 37.4 Å². The Kier molecular flexibility index (Phi) is 5.35. The molecule has 130 valence electrons. The third-order valence-corrected chi connectivity index (χ3v) is 4.97. The van der Waals surface area contributed by atoms with E-state index >= 15 is 0 Å². The van der Waals surface area contributed by atoms with Crippen LogP contribution in [0.1, 0.15) is 37.3 Å². The Labute approximate surface area is 143 Å². The summed E-state index contributed by atoms with van der Waals surface area (Å²) in [6.45, 7) is 5.19. The first-order chi connectivity index (χ1) is 11.6. The summed E-state index contributed by atoms with van der Waals surface area (Å²) >= 11 is 0. The number of amides is 3. The van der Waals surface area contributed by atoms with Crippen LogP contribution in [0.5, 0.6) is 0 Å². The van der Waals surface area contributed by atoms with E-state index in [2.05, 4.69) is 46.0 Å². The lowest BCUT2D eigenvalue weighted by Gasteiger charge is -2.33. The molecule has 3 rings (SSSR count). The van der Waals surface area contributed by atoms with Crippen LogP contribution in [0.25, 0.3) is 0 Å². The van der Waals surface area contributed by atoms with Crippen LogP contribution in [0, 0.1) is 0 Å². The van der Waals surface area contributed by atoms with Crippen LogP contribution in [-0.2, 0) is 17.9 Å². The largest absolute Gasteiger partial charge is 0.350 e. The summed E-state index contributed by atoms with van der Waals surface area (Å²) < 4.78 is 0. The predicted octanol–water partition coefficient (Wildman–Crippen LogP) is 1.36. The minimum Gasteiger partial charge on any atom is -0.350 e. The highest BCUT2D eigenvalue weighted by molar-refractivity contribution is 5.90. The predicted molar refractivity (Wildman–Crippen MR) is 92.3 cm³/mol. The van der Waals surface area contributed by atoms with Crippen molar-refractivity contribution in [3.8, 4) is 0 Å². The zero-order chi connectivity index (χ0) is 16.9. The lowest BCUT2D eigenvalue weighted by atomic mass is 10.0. The molecular weight excluding hydrogens is 304 g/mol. The Bertz CT molecular complexity index is 604. The lowest BCUT2D eigenvalue weighted by Crippen LogP contribution is -2.42. The maximum atomic E-state index is 12.1. The number of urea groups is 1. The van der Waals surface area contributed by atoms with Gasteiger partial charge in [0.25, 0.3) is 0 Å². The zero-order valence-corrected chi connectivity index (χ0v) is 14.2. The smallest absolute Gasteiger partial charge is 0.315 e. The minimum absolute atomic E-state index is 0.144. The second-order valence-corrected chi connectivity index (χ2v) is 6.71. The van der Waals surface area contributed by atoms with Crippen molar-refractivity contribution in [1.29, 1.82) is 0 Å². The van der Waals surface area contributed by atoms with Gasteiger partial charge in [-0.15, -0.1) is 0 Å². The molecule has 0 bridgehead atoms. The van der Waals surface area contributed by atoms with E-state index in [0.29, 0.717) is 19.1 Å². The van der Waals surface area contributed by atoms with Gasteiger partial charge in [0.15, 0.2) is 0 Å². The van der Waals surface area contributed by atoms with E-state index < -0.39 is 6.04 Å².